The van der Waals surface area contributed by atoms with Gasteiger partial charge < -0.3 is 14.6 Å². The lowest BCUT2D eigenvalue weighted by atomic mass is 10.0. The first-order chi connectivity index (χ1) is 31.6. The van der Waals surface area contributed by atoms with E-state index in [1.807, 2.05) is 0 Å². The zero-order valence-electron chi connectivity index (χ0n) is 41.5. The average molecular weight is 887 g/mol. The van der Waals surface area contributed by atoms with Crippen LogP contribution in [0.4, 0.5) is 0 Å². The van der Waals surface area contributed by atoms with Crippen LogP contribution in [0, 0.1) is 0 Å². The monoisotopic (exact) mass is 887 g/mol. The Morgan fingerprint density at radius 1 is 0.359 bits per heavy atom. The number of aliphatic hydroxyl groups is 1. The van der Waals surface area contributed by atoms with Crippen molar-refractivity contribution in [1.29, 1.82) is 0 Å². The van der Waals surface area contributed by atoms with E-state index in [4.69, 9.17) is 9.47 Å². The van der Waals surface area contributed by atoms with Crippen molar-refractivity contribution >= 4 is 11.9 Å². The van der Waals surface area contributed by atoms with E-state index < -0.39 is 6.10 Å². The number of hydrogen-bond acceptors (Lipinski definition) is 5. The zero-order valence-corrected chi connectivity index (χ0v) is 41.5. The Labute approximate surface area is 395 Å². The molecule has 0 aromatic heterocycles. The van der Waals surface area contributed by atoms with Gasteiger partial charge in [0.05, 0.1) is 6.61 Å². The van der Waals surface area contributed by atoms with E-state index in [9.17, 15) is 14.7 Å². The summed E-state index contributed by atoms with van der Waals surface area (Å²) in [5.41, 5.74) is 0. The van der Waals surface area contributed by atoms with Crippen LogP contribution in [-0.4, -0.2) is 36.4 Å². The third-order valence-electron chi connectivity index (χ3n) is 11.1. The van der Waals surface area contributed by atoms with E-state index in [0.717, 1.165) is 96.3 Å². The van der Waals surface area contributed by atoms with Crippen molar-refractivity contribution in [3.8, 4) is 0 Å². The number of allylic oxidation sites excluding steroid dienone is 18. The number of aliphatic hydroxyl groups excluding tert-OH is 1. The molecule has 64 heavy (non-hydrogen) atoms. The molecule has 1 N–H and O–H groups in total. The molecule has 0 aliphatic carbocycles. The van der Waals surface area contributed by atoms with E-state index >= 15 is 0 Å². The number of unbranched alkanes of at least 4 members (excludes halogenated alkanes) is 21. The SMILES string of the molecule is CC/C=C\C/C=C\C/C=C\C/C=C\C/C=C\CCCCCCCCCCCCCCCCCCCCCC(=O)OC(CO)COC(=O)CCCC/C=C\C/C=C\C/C=C\C/C=C\CC. The van der Waals surface area contributed by atoms with Crippen molar-refractivity contribution in [3.63, 3.8) is 0 Å². The molecule has 0 heterocycles. The quantitative estimate of drug-likeness (QED) is 0.0374. The summed E-state index contributed by atoms with van der Waals surface area (Å²) in [6, 6.07) is 0. The fourth-order valence-electron chi connectivity index (χ4n) is 7.16. The Morgan fingerprint density at radius 2 is 0.625 bits per heavy atom. The summed E-state index contributed by atoms with van der Waals surface area (Å²) >= 11 is 0. The summed E-state index contributed by atoms with van der Waals surface area (Å²) in [5.74, 6) is -0.640. The molecule has 5 nitrogen and oxygen atoms in total. The van der Waals surface area contributed by atoms with Gasteiger partial charge >= 0.3 is 11.9 Å². The zero-order chi connectivity index (χ0) is 46.3. The largest absolute Gasteiger partial charge is 0.462 e. The first-order valence-corrected chi connectivity index (χ1v) is 26.4. The minimum atomic E-state index is -0.793. The minimum absolute atomic E-state index is 0.0907. The predicted octanol–water partition coefficient (Wildman–Crippen LogP) is 17.7. The highest BCUT2D eigenvalue weighted by atomic mass is 16.6. The Kier molecular flexibility index (Phi) is 51.0. The van der Waals surface area contributed by atoms with E-state index in [0.29, 0.717) is 12.8 Å². The van der Waals surface area contributed by atoms with Gasteiger partial charge in [-0.25, -0.2) is 0 Å². The molecule has 0 aliphatic rings. The molecule has 1 atom stereocenters. The summed E-state index contributed by atoms with van der Waals surface area (Å²) in [5, 5.41) is 9.61. The molecular weight excluding hydrogens is 789 g/mol. The second kappa shape index (κ2) is 53.9. The molecule has 0 spiro atoms. The third kappa shape index (κ3) is 51.2. The van der Waals surface area contributed by atoms with E-state index in [-0.39, 0.29) is 25.2 Å². The van der Waals surface area contributed by atoms with Crippen molar-refractivity contribution in [2.24, 2.45) is 0 Å². The molecule has 0 radical (unpaired) electrons. The molecule has 0 amide bonds. The number of carbonyl (C=O) groups excluding carboxylic acids is 2. The molecule has 364 valence electrons. The van der Waals surface area contributed by atoms with Gasteiger partial charge in [0.15, 0.2) is 6.10 Å². The lowest BCUT2D eigenvalue weighted by Gasteiger charge is -2.15. The first kappa shape index (κ1) is 60.6. The minimum Gasteiger partial charge on any atom is -0.462 e. The van der Waals surface area contributed by atoms with Gasteiger partial charge in [-0.1, -0.05) is 232 Å². The van der Waals surface area contributed by atoms with Crippen molar-refractivity contribution in [1.82, 2.24) is 0 Å². The van der Waals surface area contributed by atoms with E-state index in [1.54, 1.807) is 0 Å². The van der Waals surface area contributed by atoms with Crippen LogP contribution in [0.15, 0.2) is 109 Å². The first-order valence-electron chi connectivity index (χ1n) is 26.4. The van der Waals surface area contributed by atoms with Crippen LogP contribution >= 0.6 is 0 Å². The fraction of sp³-hybridized carbons (Fsp3) is 0.661. The molecule has 0 aliphatic heterocycles. The summed E-state index contributed by atoms with van der Waals surface area (Å²) in [6.07, 6.45) is 77.8. The maximum absolute atomic E-state index is 12.3. The van der Waals surface area contributed by atoms with E-state index in [1.165, 1.54) is 109 Å². The second-order valence-corrected chi connectivity index (χ2v) is 17.2. The molecule has 0 aromatic carbocycles. The van der Waals surface area contributed by atoms with Crippen LogP contribution in [0.25, 0.3) is 0 Å². The van der Waals surface area contributed by atoms with Gasteiger partial charge in [-0.2, -0.15) is 0 Å². The molecule has 0 saturated heterocycles. The van der Waals surface area contributed by atoms with Crippen molar-refractivity contribution in [2.75, 3.05) is 13.2 Å². The van der Waals surface area contributed by atoms with Crippen LogP contribution in [-0.2, 0) is 19.1 Å². The summed E-state index contributed by atoms with van der Waals surface area (Å²) in [6.45, 7) is 3.88. The maximum Gasteiger partial charge on any atom is 0.306 e. The topological polar surface area (TPSA) is 72.8 Å². The lowest BCUT2D eigenvalue weighted by molar-refractivity contribution is -0.161. The van der Waals surface area contributed by atoms with Gasteiger partial charge in [0.1, 0.15) is 6.61 Å². The van der Waals surface area contributed by atoms with Crippen LogP contribution in [0.1, 0.15) is 232 Å². The Bertz CT molecular complexity index is 1280. The van der Waals surface area contributed by atoms with Gasteiger partial charge in [-0.3, -0.25) is 9.59 Å². The molecule has 0 saturated carbocycles. The normalized spacial score (nSPS) is 13.1. The fourth-order valence-corrected chi connectivity index (χ4v) is 7.16. The van der Waals surface area contributed by atoms with E-state index in [2.05, 4.69) is 123 Å². The van der Waals surface area contributed by atoms with Gasteiger partial charge in [0.25, 0.3) is 0 Å². The number of rotatable bonds is 47. The van der Waals surface area contributed by atoms with Gasteiger partial charge in [-0.05, 0) is 96.3 Å². The standard InChI is InChI=1S/C59H98O5/c1-3-5-7-9-11-13-15-17-19-20-21-22-23-24-25-26-27-28-29-30-31-32-33-34-35-36-37-38-40-42-44-46-48-50-52-54-59(62)64-57(55-60)56-63-58(61)53-51-49-47-45-43-41-39-18-16-14-12-10-8-6-4-2/h5-8,11-14,17-19,21-22,24-25,39,43,45,57,60H,3-4,9-10,15-16,20,23,26-38,40-42,44,46-56H2,1-2H3/b7-5-,8-6-,13-11-,14-12-,19-17-,22-21-,25-24-,39-18-,45-43-. The Morgan fingerprint density at radius 3 is 0.969 bits per heavy atom. The average Bonchev–Trinajstić information content (AvgIpc) is 3.30. The number of esters is 2. The summed E-state index contributed by atoms with van der Waals surface area (Å²) in [7, 11) is 0. The number of ether oxygens (including phenoxy) is 2. The Balaban J connectivity index is 3.49. The summed E-state index contributed by atoms with van der Waals surface area (Å²) < 4.78 is 10.6. The molecule has 0 fully saturated rings. The highest BCUT2D eigenvalue weighted by molar-refractivity contribution is 5.70. The highest BCUT2D eigenvalue weighted by Gasteiger charge is 2.16. The molecular formula is C59H98O5. The summed E-state index contributed by atoms with van der Waals surface area (Å²) in [4.78, 5) is 24.4. The van der Waals surface area contributed by atoms with Crippen molar-refractivity contribution in [3.05, 3.63) is 109 Å². The lowest BCUT2D eigenvalue weighted by Crippen LogP contribution is -2.28. The molecule has 0 bridgehead atoms. The number of carbonyl (C=O) groups is 2. The molecule has 1 unspecified atom stereocenters. The van der Waals surface area contributed by atoms with Crippen molar-refractivity contribution < 1.29 is 24.2 Å². The van der Waals surface area contributed by atoms with Crippen LogP contribution in [0.3, 0.4) is 0 Å². The van der Waals surface area contributed by atoms with Crippen LogP contribution in [0.5, 0.6) is 0 Å². The molecule has 0 rings (SSSR count). The van der Waals surface area contributed by atoms with Crippen molar-refractivity contribution in [2.45, 2.75) is 238 Å². The number of hydrogen-bond donors (Lipinski definition) is 1. The molecule has 5 heteroatoms. The van der Waals surface area contributed by atoms with Gasteiger partial charge in [0, 0.05) is 12.8 Å². The second-order valence-electron chi connectivity index (χ2n) is 17.2. The van der Waals surface area contributed by atoms with Gasteiger partial charge in [-0.15, -0.1) is 0 Å². The van der Waals surface area contributed by atoms with Gasteiger partial charge in [0.2, 0.25) is 0 Å². The molecule has 0 aromatic rings. The Hall–Kier alpha value is -3.44. The third-order valence-corrected chi connectivity index (χ3v) is 11.1. The smallest absolute Gasteiger partial charge is 0.306 e. The predicted molar refractivity (Wildman–Crippen MR) is 279 cm³/mol. The highest BCUT2D eigenvalue weighted by Crippen LogP contribution is 2.16. The maximum atomic E-state index is 12.3. The van der Waals surface area contributed by atoms with Crippen LogP contribution in [0.2, 0.25) is 0 Å². The van der Waals surface area contributed by atoms with Crippen LogP contribution < -0.4 is 0 Å².